The Balaban J connectivity index is 1.46. The third kappa shape index (κ3) is 6.60. The number of carbonyl (C=O) groups excluding carboxylic acids is 2. The van der Waals surface area contributed by atoms with Crippen LogP contribution in [0.2, 0.25) is 10.0 Å². The number of alkyl halides is 2. The minimum Gasteiger partial charge on any atom is -0.308 e. The van der Waals surface area contributed by atoms with E-state index >= 15 is 0 Å². The van der Waals surface area contributed by atoms with E-state index in [1.807, 2.05) is 4.90 Å². The molecule has 5 rings (SSSR count). The van der Waals surface area contributed by atoms with Crippen LogP contribution in [0.4, 0.5) is 39.4 Å². The van der Waals surface area contributed by atoms with Gasteiger partial charge in [0.25, 0.3) is 5.92 Å². The molecule has 0 radical (unpaired) electrons. The third-order valence-electron chi connectivity index (χ3n) is 7.28. The molecule has 0 saturated carbocycles. The van der Waals surface area contributed by atoms with Crippen molar-refractivity contribution in [2.45, 2.75) is 31.2 Å². The average molecular weight is 609 g/mol. The summed E-state index contributed by atoms with van der Waals surface area (Å²) in [6, 6.07) is 13.5. The number of nitrogens with one attached hydrogen (secondary N) is 1. The molecule has 3 aromatic rings. The molecular formula is C29H26Cl2F4N4O2. The summed E-state index contributed by atoms with van der Waals surface area (Å²) in [6.45, 7) is 0.579. The number of nitrogens with zero attached hydrogens (tertiary/aromatic N) is 3. The second-order valence-electron chi connectivity index (χ2n) is 10.2. The molecule has 1 unspecified atom stereocenters. The lowest BCUT2D eigenvalue weighted by molar-refractivity contribution is -0.118. The molecule has 6 nitrogen and oxygen atoms in total. The molecule has 0 aromatic heterocycles. The summed E-state index contributed by atoms with van der Waals surface area (Å²) in [6.07, 6.45) is -0.674. The molecule has 2 heterocycles. The first-order valence-electron chi connectivity index (χ1n) is 13.0. The van der Waals surface area contributed by atoms with Crippen molar-refractivity contribution in [3.8, 4) is 0 Å². The average Bonchev–Trinajstić information content (AvgIpc) is 2.93. The largest absolute Gasteiger partial charge is 0.326 e. The Hall–Kier alpha value is -3.34. The second kappa shape index (κ2) is 11.9. The Kier molecular flexibility index (Phi) is 8.45. The van der Waals surface area contributed by atoms with Crippen molar-refractivity contribution in [2.75, 3.05) is 41.3 Å². The molecule has 3 amide bonds. The van der Waals surface area contributed by atoms with E-state index < -0.39 is 29.6 Å². The van der Waals surface area contributed by atoms with E-state index in [-0.39, 0.29) is 67.1 Å². The van der Waals surface area contributed by atoms with Gasteiger partial charge in [-0.25, -0.2) is 22.4 Å². The summed E-state index contributed by atoms with van der Waals surface area (Å²) in [7, 11) is 0. The Morgan fingerprint density at radius 1 is 0.902 bits per heavy atom. The van der Waals surface area contributed by atoms with Gasteiger partial charge in [-0.2, -0.15) is 0 Å². The van der Waals surface area contributed by atoms with Gasteiger partial charge in [0, 0.05) is 44.7 Å². The molecule has 12 heteroatoms. The molecule has 1 fully saturated rings. The first-order chi connectivity index (χ1) is 19.5. The van der Waals surface area contributed by atoms with Gasteiger partial charge >= 0.3 is 6.03 Å². The van der Waals surface area contributed by atoms with Crippen molar-refractivity contribution in [3.05, 3.63) is 87.9 Å². The van der Waals surface area contributed by atoms with Gasteiger partial charge in [0.2, 0.25) is 5.91 Å². The Morgan fingerprint density at radius 2 is 1.54 bits per heavy atom. The Bertz CT molecular complexity index is 1460. The second-order valence-corrected chi connectivity index (χ2v) is 11.0. The van der Waals surface area contributed by atoms with Crippen LogP contribution in [0.15, 0.2) is 60.7 Å². The van der Waals surface area contributed by atoms with Crippen molar-refractivity contribution in [3.63, 3.8) is 0 Å². The van der Waals surface area contributed by atoms with Gasteiger partial charge in [-0.3, -0.25) is 9.69 Å². The summed E-state index contributed by atoms with van der Waals surface area (Å²) in [5, 5.41) is 2.48. The first-order valence-corrected chi connectivity index (χ1v) is 13.7. The maximum Gasteiger partial charge on any atom is 0.326 e. The molecular weight excluding hydrogens is 583 g/mol. The van der Waals surface area contributed by atoms with Gasteiger partial charge < -0.3 is 15.1 Å². The van der Waals surface area contributed by atoms with Crippen LogP contribution in [0.25, 0.3) is 0 Å². The van der Waals surface area contributed by atoms with E-state index in [4.69, 9.17) is 23.2 Å². The fourth-order valence-electron chi connectivity index (χ4n) is 5.17. The lowest BCUT2D eigenvalue weighted by Gasteiger charge is -2.45. The first kappa shape index (κ1) is 29.2. The van der Waals surface area contributed by atoms with Crippen LogP contribution in [0, 0.1) is 11.6 Å². The minimum atomic E-state index is -2.74. The number of likely N-dealkylation sites (tertiary alicyclic amines) is 1. The maximum absolute atomic E-state index is 13.9. The zero-order valence-electron chi connectivity index (χ0n) is 21.7. The number of benzene rings is 3. The van der Waals surface area contributed by atoms with Gasteiger partial charge in [-0.15, -0.1) is 0 Å². The number of hydrogen-bond donors (Lipinski definition) is 1. The quantitative estimate of drug-likeness (QED) is 0.317. The normalized spacial score (nSPS) is 18.6. The van der Waals surface area contributed by atoms with Crippen LogP contribution < -0.4 is 15.1 Å². The SMILES string of the molecule is O=C(Cc1ccc(F)c(Cl)c1)N1CC(CN2CCC(F)(F)CC2)N(C(=O)Nc2ccc(F)c(Cl)c2)c2ccccc21. The van der Waals surface area contributed by atoms with Crippen LogP contribution in [0.5, 0.6) is 0 Å². The predicted octanol–water partition coefficient (Wildman–Crippen LogP) is 7.00. The molecule has 0 bridgehead atoms. The fourth-order valence-corrected chi connectivity index (χ4v) is 5.56. The third-order valence-corrected chi connectivity index (χ3v) is 7.86. The van der Waals surface area contributed by atoms with E-state index in [1.54, 1.807) is 29.2 Å². The molecule has 1 N–H and O–H groups in total. The molecule has 216 valence electrons. The summed E-state index contributed by atoms with van der Waals surface area (Å²) >= 11 is 11.8. The number of anilines is 3. The zero-order valence-corrected chi connectivity index (χ0v) is 23.2. The van der Waals surface area contributed by atoms with Gasteiger partial charge in [0.05, 0.1) is 33.9 Å². The Morgan fingerprint density at radius 3 is 2.20 bits per heavy atom. The van der Waals surface area contributed by atoms with Crippen LogP contribution in [0.1, 0.15) is 18.4 Å². The number of fused-ring (bicyclic) bond motifs is 1. The lowest BCUT2D eigenvalue weighted by Crippen LogP contribution is -2.59. The lowest BCUT2D eigenvalue weighted by atomic mass is 10.0. The van der Waals surface area contributed by atoms with Crippen LogP contribution in [0.3, 0.4) is 0 Å². The standard InChI is InChI=1S/C29H26Cl2F4N4O2/c30-21-13-18(5-7-23(21)32)14-27(40)38-17-20(16-37-11-9-29(34,35)10-12-37)39(26-4-2-1-3-25(26)38)28(41)36-19-6-8-24(33)22(31)15-19/h1-8,13,15,20H,9-12,14,16-17H2,(H,36,41). The highest BCUT2D eigenvalue weighted by Crippen LogP contribution is 2.37. The molecule has 0 aliphatic carbocycles. The van der Waals surface area contributed by atoms with E-state index in [9.17, 15) is 27.2 Å². The Labute approximate surface area is 244 Å². The van der Waals surface area contributed by atoms with Crippen LogP contribution >= 0.6 is 23.2 Å². The number of carbonyl (C=O) groups is 2. The molecule has 41 heavy (non-hydrogen) atoms. The summed E-state index contributed by atoms with van der Waals surface area (Å²) in [4.78, 5) is 32.2. The zero-order chi connectivity index (χ0) is 29.3. The topological polar surface area (TPSA) is 55.9 Å². The van der Waals surface area contributed by atoms with Crippen molar-refractivity contribution in [1.82, 2.24) is 4.90 Å². The monoisotopic (exact) mass is 608 g/mol. The van der Waals surface area contributed by atoms with Crippen LogP contribution in [-0.2, 0) is 11.2 Å². The maximum atomic E-state index is 13.9. The van der Waals surface area contributed by atoms with Crippen molar-refractivity contribution < 1.29 is 27.2 Å². The van der Waals surface area contributed by atoms with Crippen molar-refractivity contribution in [2.24, 2.45) is 0 Å². The summed E-state index contributed by atoms with van der Waals surface area (Å²) in [5.74, 6) is -4.28. The highest BCUT2D eigenvalue weighted by Gasteiger charge is 2.40. The molecule has 2 aliphatic rings. The number of urea groups is 1. The highest BCUT2D eigenvalue weighted by molar-refractivity contribution is 6.31. The number of amides is 3. The summed E-state index contributed by atoms with van der Waals surface area (Å²) in [5.41, 5.74) is 1.69. The molecule has 3 aromatic carbocycles. The van der Waals surface area contributed by atoms with Gasteiger partial charge in [0.1, 0.15) is 11.6 Å². The van der Waals surface area contributed by atoms with Gasteiger partial charge in [-0.05, 0) is 48.0 Å². The predicted molar refractivity (Wildman–Crippen MR) is 151 cm³/mol. The van der Waals surface area contributed by atoms with Gasteiger partial charge in [-0.1, -0.05) is 41.4 Å². The van der Waals surface area contributed by atoms with E-state index in [2.05, 4.69) is 5.32 Å². The summed E-state index contributed by atoms with van der Waals surface area (Å²) < 4.78 is 55.1. The molecule has 2 aliphatic heterocycles. The smallest absolute Gasteiger partial charge is 0.308 e. The number of para-hydroxylation sites is 2. The van der Waals surface area contributed by atoms with Gasteiger partial charge in [0.15, 0.2) is 0 Å². The van der Waals surface area contributed by atoms with E-state index in [0.717, 1.165) is 6.07 Å². The van der Waals surface area contributed by atoms with Crippen molar-refractivity contribution >= 4 is 52.2 Å². The fraction of sp³-hybridized carbons (Fsp3) is 0.310. The van der Waals surface area contributed by atoms with Crippen LogP contribution in [-0.4, -0.2) is 55.0 Å². The number of piperidine rings is 1. The van der Waals surface area contributed by atoms with Crippen molar-refractivity contribution in [1.29, 1.82) is 0 Å². The highest BCUT2D eigenvalue weighted by atomic mass is 35.5. The molecule has 0 spiro atoms. The van der Waals surface area contributed by atoms with E-state index in [1.165, 1.54) is 35.2 Å². The number of rotatable bonds is 5. The molecule has 1 atom stereocenters. The number of hydrogen-bond acceptors (Lipinski definition) is 3. The number of halogens is 6. The van der Waals surface area contributed by atoms with E-state index in [0.29, 0.717) is 16.9 Å². The minimum absolute atomic E-state index is 0.0722. The molecule has 1 saturated heterocycles.